The van der Waals surface area contributed by atoms with E-state index in [0.717, 1.165) is 69.9 Å². The Morgan fingerprint density at radius 2 is 1.89 bits per heavy atom. The molecule has 0 unspecified atom stereocenters. The van der Waals surface area contributed by atoms with Gasteiger partial charge >= 0.3 is 0 Å². The van der Waals surface area contributed by atoms with Crippen molar-refractivity contribution in [1.29, 1.82) is 0 Å². The number of fused-ring (bicyclic) bond motifs is 2. The molecular weight excluding hydrogens is 495 g/mol. The highest BCUT2D eigenvalue weighted by Crippen LogP contribution is 2.39. The number of halogens is 2. The van der Waals surface area contributed by atoms with Gasteiger partial charge in [-0.1, -0.05) is 23.7 Å². The van der Waals surface area contributed by atoms with E-state index >= 15 is 0 Å². The van der Waals surface area contributed by atoms with Crippen LogP contribution in [-0.2, 0) is 11.2 Å². The zero-order valence-corrected chi connectivity index (χ0v) is 21.1. The molecule has 7 nitrogen and oxygen atoms in total. The molecule has 2 aliphatic rings. The van der Waals surface area contributed by atoms with E-state index in [9.17, 15) is 0 Å². The molecular formula is C27H24Cl2N6O. The Labute approximate surface area is 218 Å². The van der Waals surface area contributed by atoms with E-state index in [-0.39, 0.29) is 0 Å². The minimum Gasteiger partial charge on any atom is -0.378 e. The highest BCUT2D eigenvalue weighted by Gasteiger charge is 2.27. The number of H-pyrrole nitrogens is 1. The van der Waals surface area contributed by atoms with Crippen molar-refractivity contribution in [3.63, 3.8) is 0 Å². The van der Waals surface area contributed by atoms with E-state index in [1.165, 1.54) is 12.8 Å². The van der Waals surface area contributed by atoms with Crippen LogP contribution in [0.15, 0.2) is 48.8 Å². The number of rotatable bonds is 5. The maximum Gasteiger partial charge on any atom is 0.200 e. The highest BCUT2D eigenvalue weighted by atomic mass is 35.5. The summed E-state index contributed by atoms with van der Waals surface area (Å²) in [5.74, 6) is 1.71. The first-order valence-corrected chi connectivity index (χ1v) is 13.0. The van der Waals surface area contributed by atoms with Gasteiger partial charge in [-0.2, -0.15) is 0 Å². The van der Waals surface area contributed by atoms with E-state index in [1.54, 1.807) is 6.20 Å². The maximum absolute atomic E-state index is 6.55. The van der Waals surface area contributed by atoms with Crippen molar-refractivity contribution in [2.75, 3.05) is 31.2 Å². The van der Waals surface area contributed by atoms with Crippen LogP contribution in [0.1, 0.15) is 18.7 Å². The third kappa shape index (κ3) is 3.82. The SMILES string of the molecule is Clc1ncc(-c2cc(N3CCOCC3)cc3c2nc(CC2CC2)n3-c2ccnc3c(Cl)cccc23)[nH]1. The van der Waals surface area contributed by atoms with Crippen LogP contribution in [-0.4, -0.2) is 50.8 Å². The van der Waals surface area contributed by atoms with Gasteiger partial charge in [0, 0.05) is 42.3 Å². The van der Waals surface area contributed by atoms with Gasteiger partial charge in [0.1, 0.15) is 5.82 Å². The fraction of sp³-hybridized carbons (Fsp3) is 0.296. The zero-order chi connectivity index (χ0) is 24.2. The number of imidazole rings is 2. The molecule has 1 aliphatic heterocycles. The number of benzene rings is 2. The van der Waals surface area contributed by atoms with Gasteiger partial charge in [0.25, 0.3) is 0 Å². The Balaban J connectivity index is 1.54. The quantitative estimate of drug-likeness (QED) is 0.306. The Hall–Kier alpha value is -3.13. The van der Waals surface area contributed by atoms with Gasteiger partial charge in [0.15, 0.2) is 5.28 Å². The minimum atomic E-state index is 0.363. The average Bonchev–Trinajstić information content (AvgIpc) is 3.50. The molecule has 1 N–H and O–H groups in total. The number of aromatic nitrogens is 5. The molecule has 182 valence electrons. The van der Waals surface area contributed by atoms with Gasteiger partial charge in [-0.3, -0.25) is 9.55 Å². The van der Waals surface area contributed by atoms with Gasteiger partial charge in [0.2, 0.25) is 0 Å². The first kappa shape index (κ1) is 22.1. The van der Waals surface area contributed by atoms with Crippen molar-refractivity contribution in [3.05, 3.63) is 64.9 Å². The smallest absolute Gasteiger partial charge is 0.200 e. The summed E-state index contributed by atoms with van der Waals surface area (Å²) in [5.41, 5.74) is 6.76. The molecule has 3 aromatic heterocycles. The second-order valence-electron chi connectivity index (χ2n) is 9.53. The van der Waals surface area contributed by atoms with Crippen LogP contribution in [0.5, 0.6) is 0 Å². The number of hydrogen-bond acceptors (Lipinski definition) is 5. The van der Waals surface area contributed by atoms with E-state index in [4.69, 9.17) is 32.9 Å². The van der Waals surface area contributed by atoms with Crippen molar-refractivity contribution in [2.24, 2.45) is 5.92 Å². The average molecular weight is 519 g/mol. The molecule has 36 heavy (non-hydrogen) atoms. The lowest BCUT2D eigenvalue weighted by Crippen LogP contribution is -2.36. The third-order valence-electron chi connectivity index (χ3n) is 7.13. The number of hydrogen-bond donors (Lipinski definition) is 1. The zero-order valence-electron chi connectivity index (χ0n) is 19.5. The van der Waals surface area contributed by atoms with Crippen LogP contribution in [0.2, 0.25) is 10.3 Å². The predicted molar refractivity (Wildman–Crippen MR) is 143 cm³/mol. The number of aromatic amines is 1. The summed E-state index contributed by atoms with van der Waals surface area (Å²) in [4.78, 5) is 19.7. The lowest BCUT2D eigenvalue weighted by molar-refractivity contribution is 0.122. The van der Waals surface area contributed by atoms with Crippen LogP contribution >= 0.6 is 23.2 Å². The fourth-order valence-electron chi connectivity index (χ4n) is 5.16. The first-order chi connectivity index (χ1) is 17.7. The van der Waals surface area contributed by atoms with Crippen molar-refractivity contribution < 1.29 is 4.74 Å². The van der Waals surface area contributed by atoms with Gasteiger partial charge in [-0.25, -0.2) is 9.97 Å². The Morgan fingerprint density at radius 1 is 1.03 bits per heavy atom. The molecule has 1 saturated heterocycles. The van der Waals surface area contributed by atoms with Gasteiger partial charge < -0.3 is 14.6 Å². The Morgan fingerprint density at radius 3 is 2.67 bits per heavy atom. The second-order valence-corrected chi connectivity index (χ2v) is 10.3. The normalized spacial score (nSPS) is 16.3. The molecule has 0 spiro atoms. The van der Waals surface area contributed by atoms with Crippen molar-refractivity contribution in [3.8, 4) is 16.9 Å². The second kappa shape index (κ2) is 8.76. The van der Waals surface area contributed by atoms with Crippen LogP contribution in [0.25, 0.3) is 38.9 Å². The predicted octanol–water partition coefficient (Wildman–Crippen LogP) is 6.06. The Kier molecular flexibility index (Phi) is 5.38. The van der Waals surface area contributed by atoms with Crippen molar-refractivity contribution in [2.45, 2.75) is 19.3 Å². The van der Waals surface area contributed by atoms with Crippen molar-refractivity contribution >= 4 is 50.8 Å². The molecule has 0 atom stereocenters. The van der Waals surface area contributed by atoms with Crippen molar-refractivity contribution in [1.82, 2.24) is 24.5 Å². The standard InChI is InChI=1S/C27H24Cl2N6O/c28-20-3-1-2-18-22(6-7-30-25(18)20)35-23-14-17(34-8-10-36-11-9-34)13-19(21-15-31-27(29)32-21)26(23)33-24(35)12-16-4-5-16/h1-3,6-7,13-16H,4-5,8-12H2,(H,31,32). The number of nitrogens with zero attached hydrogens (tertiary/aromatic N) is 5. The molecule has 0 amide bonds. The number of pyridine rings is 1. The molecule has 5 aromatic rings. The summed E-state index contributed by atoms with van der Waals surface area (Å²) in [6, 6.07) is 12.4. The van der Waals surface area contributed by atoms with E-state index in [2.05, 4.69) is 48.7 Å². The summed E-state index contributed by atoms with van der Waals surface area (Å²) < 4.78 is 7.93. The summed E-state index contributed by atoms with van der Waals surface area (Å²) in [7, 11) is 0. The molecule has 0 bridgehead atoms. The molecule has 1 aliphatic carbocycles. The van der Waals surface area contributed by atoms with E-state index in [0.29, 0.717) is 29.4 Å². The summed E-state index contributed by atoms with van der Waals surface area (Å²) in [6.07, 6.45) is 7.02. The topological polar surface area (TPSA) is 71.9 Å². The van der Waals surface area contributed by atoms with E-state index in [1.807, 2.05) is 18.3 Å². The summed E-state index contributed by atoms with van der Waals surface area (Å²) in [6.45, 7) is 3.10. The molecule has 0 radical (unpaired) electrons. The maximum atomic E-state index is 6.55. The first-order valence-electron chi connectivity index (χ1n) is 12.3. The Bertz CT molecular complexity index is 1600. The number of ether oxygens (including phenoxy) is 1. The molecule has 2 fully saturated rings. The monoisotopic (exact) mass is 518 g/mol. The van der Waals surface area contributed by atoms with Gasteiger partial charge in [-0.15, -0.1) is 0 Å². The van der Waals surface area contributed by atoms with Gasteiger partial charge in [-0.05, 0) is 54.6 Å². The summed E-state index contributed by atoms with van der Waals surface area (Å²) in [5, 5.41) is 2.01. The van der Waals surface area contributed by atoms with Crippen LogP contribution < -0.4 is 4.90 Å². The van der Waals surface area contributed by atoms with Crippen LogP contribution in [0.4, 0.5) is 5.69 Å². The number of morpholine rings is 1. The molecule has 4 heterocycles. The lowest BCUT2D eigenvalue weighted by Gasteiger charge is -2.29. The van der Waals surface area contributed by atoms with E-state index < -0.39 is 0 Å². The number of anilines is 1. The molecule has 9 heteroatoms. The van der Waals surface area contributed by atoms with Crippen LogP contribution in [0, 0.1) is 5.92 Å². The van der Waals surface area contributed by atoms with Gasteiger partial charge in [0.05, 0.1) is 52.4 Å². The molecule has 7 rings (SSSR count). The van der Waals surface area contributed by atoms with Crippen LogP contribution in [0.3, 0.4) is 0 Å². The molecule has 2 aromatic carbocycles. The summed E-state index contributed by atoms with van der Waals surface area (Å²) >= 11 is 12.7. The minimum absolute atomic E-state index is 0.363. The largest absolute Gasteiger partial charge is 0.378 e. The molecule has 1 saturated carbocycles. The fourth-order valence-corrected chi connectivity index (χ4v) is 5.53. The third-order valence-corrected chi connectivity index (χ3v) is 7.63. The number of nitrogens with one attached hydrogen (secondary N) is 1. The number of para-hydroxylation sites is 1. The highest BCUT2D eigenvalue weighted by molar-refractivity contribution is 6.35. The lowest BCUT2D eigenvalue weighted by atomic mass is 10.1.